The van der Waals surface area contributed by atoms with Crippen LogP contribution in [0.4, 0.5) is 0 Å². The van der Waals surface area contributed by atoms with E-state index in [1.165, 1.54) is 0 Å². The van der Waals surface area contributed by atoms with Gasteiger partial charge in [-0.2, -0.15) is 0 Å². The van der Waals surface area contributed by atoms with Gasteiger partial charge >= 0.3 is 5.97 Å². The molecule has 1 unspecified atom stereocenters. The number of aliphatic carboxylic acids is 1. The molecule has 4 nitrogen and oxygen atoms in total. The predicted octanol–water partition coefficient (Wildman–Crippen LogP) is 1.13. The molecule has 0 aliphatic carbocycles. The molecule has 88 valence electrons. The van der Waals surface area contributed by atoms with Crippen molar-refractivity contribution in [2.24, 2.45) is 5.73 Å². The zero-order chi connectivity index (χ0) is 12.0. The Morgan fingerprint density at radius 2 is 1.94 bits per heavy atom. The van der Waals surface area contributed by atoms with Crippen molar-refractivity contribution in [1.29, 1.82) is 0 Å². The van der Waals surface area contributed by atoms with E-state index in [0.717, 1.165) is 5.56 Å². The van der Waals surface area contributed by atoms with Crippen molar-refractivity contribution in [3.63, 3.8) is 0 Å². The Morgan fingerprint density at radius 1 is 1.31 bits per heavy atom. The Labute approximate surface area is 94.7 Å². The van der Waals surface area contributed by atoms with Crippen LogP contribution in [0.5, 0.6) is 0 Å². The minimum absolute atomic E-state index is 0.0360. The monoisotopic (exact) mass is 223 g/mol. The van der Waals surface area contributed by atoms with E-state index in [9.17, 15) is 9.90 Å². The van der Waals surface area contributed by atoms with Gasteiger partial charge in [0.2, 0.25) is 0 Å². The average Bonchev–Trinajstić information content (AvgIpc) is 2.17. The molecule has 0 heterocycles. The Hall–Kier alpha value is -1.39. The quantitative estimate of drug-likeness (QED) is 0.631. The van der Waals surface area contributed by atoms with Crippen LogP contribution in [0.2, 0.25) is 0 Å². The Bertz CT molecular complexity index is 335. The second-order valence-electron chi connectivity index (χ2n) is 4.01. The second kappa shape index (κ2) is 5.63. The van der Waals surface area contributed by atoms with Crippen LogP contribution in [-0.4, -0.2) is 21.9 Å². The zero-order valence-corrected chi connectivity index (χ0v) is 9.10. The number of hydrogen-bond acceptors (Lipinski definition) is 3. The lowest BCUT2D eigenvalue weighted by Gasteiger charge is -2.22. The molecule has 1 aromatic rings. The molecule has 0 saturated carbocycles. The molecule has 0 aliphatic rings. The third-order valence-corrected chi connectivity index (χ3v) is 2.35. The molecule has 0 fully saturated rings. The summed E-state index contributed by atoms with van der Waals surface area (Å²) in [5, 5.41) is 18.3. The van der Waals surface area contributed by atoms with Gasteiger partial charge in [-0.3, -0.25) is 4.79 Å². The maximum absolute atomic E-state index is 10.3. The van der Waals surface area contributed by atoms with E-state index in [-0.39, 0.29) is 12.8 Å². The van der Waals surface area contributed by atoms with Gasteiger partial charge in [-0.1, -0.05) is 30.3 Å². The van der Waals surface area contributed by atoms with Gasteiger partial charge in [0.25, 0.3) is 0 Å². The molecule has 0 bridgehead atoms. The molecule has 0 aliphatic heterocycles. The van der Waals surface area contributed by atoms with Gasteiger partial charge in [-0.05, 0) is 18.4 Å². The number of carboxylic acids is 1. The first-order valence-electron chi connectivity index (χ1n) is 5.26. The van der Waals surface area contributed by atoms with E-state index >= 15 is 0 Å². The van der Waals surface area contributed by atoms with Crippen LogP contribution in [0.25, 0.3) is 0 Å². The van der Waals surface area contributed by atoms with E-state index in [4.69, 9.17) is 10.8 Å². The van der Waals surface area contributed by atoms with E-state index in [0.29, 0.717) is 12.8 Å². The maximum atomic E-state index is 10.3. The van der Waals surface area contributed by atoms with Crippen molar-refractivity contribution in [2.75, 3.05) is 0 Å². The lowest BCUT2D eigenvalue weighted by atomic mass is 9.98. The Kier molecular flexibility index (Phi) is 4.46. The highest BCUT2D eigenvalue weighted by molar-refractivity contribution is 5.66. The fourth-order valence-corrected chi connectivity index (χ4v) is 1.58. The van der Waals surface area contributed by atoms with Gasteiger partial charge < -0.3 is 15.9 Å². The van der Waals surface area contributed by atoms with Crippen molar-refractivity contribution in [3.8, 4) is 0 Å². The summed E-state index contributed by atoms with van der Waals surface area (Å²) < 4.78 is 0. The van der Waals surface area contributed by atoms with Crippen molar-refractivity contribution in [3.05, 3.63) is 35.9 Å². The Morgan fingerprint density at radius 3 is 2.50 bits per heavy atom. The van der Waals surface area contributed by atoms with Crippen LogP contribution in [0.15, 0.2) is 30.3 Å². The molecule has 0 spiro atoms. The van der Waals surface area contributed by atoms with Crippen LogP contribution >= 0.6 is 0 Å². The van der Waals surface area contributed by atoms with E-state index < -0.39 is 11.7 Å². The fourth-order valence-electron chi connectivity index (χ4n) is 1.58. The van der Waals surface area contributed by atoms with Gasteiger partial charge in [0.15, 0.2) is 0 Å². The molecule has 0 radical (unpaired) electrons. The summed E-state index contributed by atoms with van der Waals surface area (Å²) >= 11 is 0. The summed E-state index contributed by atoms with van der Waals surface area (Å²) in [4.78, 5) is 10.3. The SMILES string of the molecule is NC(O)(CCCC(=O)O)Cc1ccccc1. The minimum atomic E-state index is -1.32. The minimum Gasteiger partial charge on any atom is -0.481 e. The van der Waals surface area contributed by atoms with E-state index in [1.807, 2.05) is 30.3 Å². The molecule has 0 saturated heterocycles. The van der Waals surface area contributed by atoms with Crippen LogP contribution in [0.1, 0.15) is 24.8 Å². The number of nitrogens with two attached hydrogens (primary N) is 1. The molecular formula is C12H17NO3. The fraction of sp³-hybridized carbons (Fsp3) is 0.417. The first kappa shape index (κ1) is 12.7. The lowest BCUT2D eigenvalue weighted by Crippen LogP contribution is -2.41. The third kappa shape index (κ3) is 4.91. The van der Waals surface area contributed by atoms with Gasteiger partial charge in [0.1, 0.15) is 5.72 Å². The first-order chi connectivity index (χ1) is 7.49. The number of rotatable bonds is 6. The van der Waals surface area contributed by atoms with Crippen LogP contribution in [0, 0.1) is 0 Å². The second-order valence-corrected chi connectivity index (χ2v) is 4.01. The largest absolute Gasteiger partial charge is 0.481 e. The van der Waals surface area contributed by atoms with Crippen LogP contribution in [-0.2, 0) is 11.2 Å². The third-order valence-electron chi connectivity index (χ3n) is 2.35. The first-order valence-corrected chi connectivity index (χ1v) is 5.26. The summed E-state index contributed by atoms with van der Waals surface area (Å²) in [5.74, 6) is -0.865. The summed E-state index contributed by atoms with van der Waals surface area (Å²) in [6, 6.07) is 9.42. The summed E-state index contributed by atoms with van der Waals surface area (Å²) in [6.07, 6.45) is 1.05. The molecule has 4 N–H and O–H groups in total. The standard InChI is InChI=1S/C12H17NO3/c13-12(16,8-4-7-11(14)15)9-10-5-2-1-3-6-10/h1-3,5-6,16H,4,7-9,13H2,(H,14,15). The molecule has 1 aromatic carbocycles. The molecule has 16 heavy (non-hydrogen) atoms. The highest BCUT2D eigenvalue weighted by Crippen LogP contribution is 2.14. The van der Waals surface area contributed by atoms with Crippen molar-refractivity contribution in [1.82, 2.24) is 0 Å². The number of carbonyl (C=O) groups is 1. The molecular weight excluding hydrogens is 206 g/mol. The van der Waals surface area contributed by atoms with Crippen LogP contribution in [0.3, 0.4) is 0 Å². The molecule has 0 amide bonds. The van der Waals surface area contributed by atoms with E-state index in [1.54, 1.807) is 0 Å². The van der Waals surface area contributed by atoms with Gasteiger partial charge in [-0.15, -0.1) is 0 Å². The number of benzene rings is 1. The molecule has 1 rings (SSSR count). The molecule has 4 heteroatoms. The van der Waals surface area contributed by atoms with Gasteiger partial charge in [0, 0.05) is 12.8 Å². The maximum Gasteiger partial charge on any atom is 0.303 e. The topological polar surface area (TPSA) is 83.5 Å². The van der Waals surface area contributed by atoms with Crippen molar-refractivity contribution >= 4 is 5.97 Å². The zero-order valence-electron chi connectivity index (χ0n) is 9.10. The normalized spacial score (nSPS) is 14.4. The number of hydrogen-bond donors (Lipinski definition) is 3. The van der Waals surface area contributed by atoms with Crippen molar-refractivity contribution < 1.29 is 15.0 Å². The van der Waals surface area contributed by atoms with E-state index in [2.05, 4.69) is 0 Å². The van der Waals surface area contributed by atoms with Gasteiger partial charge in [-0.25, -0.2) is 0 Å². The molecule has 0 aromatic heterocycles. The summed E-state index contributed by atoms with van der Waals surface area (Å²) in [5.41, 5.74) is 5.32. The predicted molar refractivity (Wildman–Crippen MR) is 60.8 cm³/mol. The number of aliphatic hydroxyl groups is 1. The van der Waals surface area contributed by atoms with Crippen molar-refractivity contribution in [2.45, 2.75) is 31.4 Å². The lowest BCUT2D eigenvalue weighted by molar-refractivity contribution is -0.137. The number of carboxylic acid groups (broad SMARTS) is 1. The molecule has 1 atom stereocenters. The smallest absolute Gasteiger partial charge is 0.303 e. The summed E-state index contributed by atoms with van der Waals surface area (Å²) in [7, 11) is 0. The Balaban J connectivity index is 2.42. The van der Waals surface area contributed by atoms with Crippen LogP contribution < -0.4 is 5.73 Å². The summed E-state index contributed by atoms with van der Waals surface area (Å²) in [6.45, 7) is 0. The highest BCUT2D eigenvalue weighted by atomic mass is 16.4. The average molecular weight is 223 g/mol. The highest BCUT2D eigenvalue weighted by Gasteiger charge is 2.21. The van der Waals surface area contributed by atoms with Gasteiger partial charge in [0.05, 0.1) is 0 Å².